The van der Waals surface area contributed by atoms with E-state index in [4.69, 9.17) is 24.8 Å². The second-order valence-electron chi connectivity index (χ2n) is 14.1. The van der Waals surface area contributed by atoms with Crippen LogP contribution in [0.2, 0.25) is 0 Å². The number of nitrogens with two attached hydrogens (primary N) is 1. The number of carbonyl (C=O) groups excluding carboxylic acids is 2. The fourth-order valence-electron chi connectivity index (χ4n) is 5.47. The molecule has 0 fully saturated rings. The number of phosphoric ester groups is 1. The molecule has 0 amide bonds. The third kappa shape index (κ3) is 38.1. The van der Waals surface area contributed by atoms with Crippen LogP contribution in [0.25, 0.3) is 0 Å². The lowest BCUT2D eigenvalue weighted by Crippen LogP contribution is -2.34. The smallest absolute Gasteiger partial charge is 0.472 e. The van der Waals surface area contributed by atoms with Crippen molar-refractivity contribution in [2.45, 2.75) is 187 Å². The Balaban J connectivity index is 4.41. The molecule has 0 aromatic heterocycles. The number of hydrogen-bond donors (Lipinski definition) is 3. The zero-order valence-electron chi connectivity index (χ0n) is 34.3. The molecule has 0 spiro atoms. The fraction of sp³-hybridized carbons (Fsp3) is 0.744. The van der Waals surface area contributed by atoms with Crippen molar-refractivity contribution in [3.05, 3.63) is 48.6 Å². The number of carboxylic acids is 1. The Labute approximate surface area is 333 Å². The lowest BCUT2D eigenvalue weighted by atomic mass is 10.1. The summed E-state index contributed by atoms with van der Waals surface area (Å²) in [5.41, 5.74) is 5.32. The Morgan fingerprint density at radius 1 is 0.564 bits per heavy atom. The van der Waals surface area contributed by atoms with Gasteiger partial charge >= 0.3 is 25.7 Å². The third-order valence-electron chi connectivity index (χ3n) is 8.83. The average Bonchev–Trinajstić information content (AvgIpc) is 3.16. The van der Waals surface area contributed by atoms with Gasteiger partial charge in [-0.3, -0.25) is 23.4 Å². The minimum atomic E-state index is -4.72. The number of aliphatic carboxylic acids is 1. The predicted octanol–water partition coefficient (Wildman–Crippen LogP) is 11.0. The Morgan fingerprint density at radius 3 is 1.49 bits per heavy atom. The number of rotatable bonds is 39. The standard InChI is InChI=1S/C43H76NO10P/c1-3-5-7-9-11-13-15-16-17-18-19-20-21-22-23-24-25-27-28-30-32-34-41(45)51-36-39(37-52-55(49,50)53-38-40(44)43(47)48)54-42(46)35-33-31-29-26-14-12-10-8-6-4-2/h17-18,20-21,23-24,27-28,39-40H,3-16,19,22,25-26,29-38,44H2,1-2H3,(H,47,48)(H,49,50)/b18-17+,21-20+,24-23+,28-27+/t39-,40-/m0/s1. The van der Waals surface area contributed by atoms with Gasteiger partial charge in [0.05, 0.1) is 13.2 Å². The summed E-state index contributed by atoms with van der Waals surface area (Å²) < 4.78 is 32.5. The van der Waals surface area contributed by atoms with Gasteiger partial charge in [-0.15, -0.1) is 0 Å². The van der Waals surface area contributed by atoms with E-state index in [1.165, 1.54) is 89.9 Å². The van der Waals surface area contributed by atoms with Gasteiger partial charge in [-0.1, -0.05) is 159 Å². The molecule has 0 aromatic carbocycles. The Morgan fingerprint density at radius 2 is 0.982 bits per heavy atom. The molecule has 0 saturated carbocycles. The minimum absolute atomic E-state index is 0.146. The van der Waals surface area contributed by atoms with Crippen molar-refractivity contribution in [1.29, 1.82) is 0 Å². The van der Waals surface area contributed by atoms with E-state index in [1.807, 2.05) is 6.08 Å². The molecule has 0 heterocycles. The first-order chi connectivity index (χ1) is 26.6. The minimum Gasteiger partial charge on any atom is -0.480 e. The first kappa shape index (κ1) is 52.4. The fourth-order valence-corrected chi connectivity index (χ4v) is 6.25. The Kier molecular flexibility index (Phi) is 36.5. The molecule has 0 rings (SSSR count). The highest BCUT2D eigenvalue weighted by molar-refractivity contribution is 7.47. The number of carboxylic acid groups (broad SMARTS) is 1. The van der Waals surface area contributed by atoms with Crippen molar-refractivity contribution in [3.63, 3.8) is 0 Å². The van der Waals surface area contributed by atoms with Gasteiger partial charge in [0, 0.05) is 12.8 Å². The zero-order valence-corrected chi connectivity index (χ0v) is 35.2. The second kappa shape index (κ2) is 38.3. The normalized spacial score (nSPS) is 14.3. The Hall–Kier alpha value is -2.56. The largest absolute Gasteiger partial charge is 0.480 e. The van der Waals surface area contributed by atoms with E-state index in [9.17, 15) is 23.8 Å². The molecule has 12 heteroatoms. The van der Waals surface area contributed by atoms with E-state index in [-0.39, 0.29) is 19.4 Å². The summed E-state index contributed by atoms with van der Waals surface area (Å²) in [5.74, 6) is -2.45. The van der Waals surface area contributed by atoms with Crippen molar-refractivity contribution in [2.24, 2.45) is 5.73 Å². The summed E-state index contributed by atoms with van der Waals surface area (Å²) in [5, 5.41) is 8.86. The molecule has 0 aliphatic carbocycles. The SMILES string of the molecule is CCCCCCCCC/C=C/C/C=C/C/C=C/C/C=C/CCCC(=O)OC[C@@H](COP(=O)(O)OC[C@H](N)C(=O)O)OC(=O)CCCCCCCCCCCC. The summed E-state index contributed by atoms with van der Waals surface area (Å²) in [4.78, 5) is 45.8. The van der Waals surface area contributed by atoms with Crippen molar-refractivity contribution in [3.8, 4) is 0 Å². The first-order valence-electron chi connectivity index (χ1n) is 21.2. The molecule has 318 valence electrons. The molecule has 55 heavy (non-hydrogen) atoms. The van der Waals surface area contributed by atoms with Gasteiger partial charge in [-0.2, -0.15) is 0 Å². The van der Waals surface area contributed by atoms with Gasteiger partial charge in [0.25, 0.3) is 0 Å². The number of hydrogen-bond acceptors (Lipinski definition) is 9. The lowest BCUT2D eigenvalue weighted by molar-refractivity contribution is -0.161. The van der Waals surface area contributed by atoms with Crippen LogP contribution < -0.4 is 5.73 Å². The molecule has 11 nitrogen and oxygen atoms in total. The summed E-state index contributed by atoms with van der Waals surface area (Å²) in [6.07, 6.45) is 42.0. The maximum Gasteiger partial charge on any atom is 0.472 e. The van der Waals surface area contributed by atoms with Crippen molar-refractivity contribution < 1.29 is 47.5 Å². The number of ether oxygens (including phenoxy) is 2. The van der Waals surface area contributed by atoms with E-state index in [0.717, 1.165) is 38.5 Å². The maximum absolute atomic E-state index is 12.5. The van der Waals surface area contributed by atoms with Crippen molar-refractivity contribution in [1.82, 2.24) is 0 Å². The average molecular weight is 798 g/mol. The van der Waals surface area contributed by atoms with Gasteiger partial charge in [-0.05, 0) is 51.4 Å². The summed E-state index contributed by atoms with van der Waals surface area (Å²) in [6, 6.07) is -1.53. The number of phosphoric acid groups is 1. The van der Waals surface area contributed by atoms with E-state index in [1.54, 1.807) is 0 Å². The van der Waals surface area contributed by atoms with E-state index < -0.39 is 51.1 Å². The lowest BCUT2D eigenvalue weighted by Gasteiger charge is -2.20. The van der Waals surface area contributed by atoms with Gasteiger partial charge in [0.2, 0.25) is 0 Å². The van der Waals surface area contributed by atoms with Crippen LogP contribution in [0.5, 0.6) is 0 Å². The maximum atomic E-state index is 12.5. The van der Waals surface area contributed by atoms with Crippen molar-refractivity contribution >= 4 is 25.7 Å². The quantitative estimate of drug-likeness (QED) is 0.0234. The molecule has 0 saturated heterocycles. The van der Waals surface area contributed by atoms with Gasteiger partial charge in [0.1, 0.15) is 12.6 Å². The first-order valence-corrected chi connectivity index (χ1v) is 22.7. The molecule has 4 N–H and O–H groups in total. The monoisotopic (exact) mass is 798 g/mol. The molecule has 0 aliphatic rings. The van der Waals surface area contributed by atoms with Crippen LogP contribution in [0.3, 0.4) is 0 Å². The molecule has 3 atom stereocenters. The number of allylic oxidation sites excluding steroid dienone is 8. The summed E-state index contributed by atoms with van der Waals surface area (Å²) >= 11 is 0. The topological polar surface area (TPSA) is 172 Å². The second-order valence-corrected chi connectivity index (χ2v) is 15.6. The third-order valence-corrected chi connectivity index (χ3v) is 9.78. The highest BCUT2D eigenvalue weighted by atomic mass is 31.2. The van der Waals surface area contributed by atoms with E-state index in [2.05, 4.69) is 60.9 Å². The number of carbonyl (C=O) groups is 3. The predicted molar refractivity (Wildman–Crippen MR) is 222 cm³/mol. The molecular formula is C43H76NO10P. The van der Waals surface area contributed by atoms with Crippen LogP contribution in [0, 0.1) is 0 Å². The van der Waals surface area contributed by atoms with E-state index >= 15 is 0 Å². The zero-order chi connectivity index (χ0) is 40.7. The van der Waals surface area contributed by atoms with Gasteiger partial charge < -0.3 is 25.2 Å². The number of esters is 2. The van der Waals surface area contributed by atoms with E-state index in [0.29, 0.717) is 19.3 Å². The Bertz CT molecular complexity index is 1120. The summed E-state index contributed by atoms with van der Waals surface area (Å²) in [6.45, 7) is 2.71. The molecular weight excluding hydrogens is 721 g/mol. The molecule has 0 aromatic rings. The van der Waals surface area contributed by atoms with Crippen LogP contribution in [-0.4, -0.2) is 59.9 Å². The molecule has 0 bridgehead atoms. The van der Waals surface area contributed by atoms with Crippen molar-refractivity contribution in [2.75, 3.05) is 19.8 Å². The molecule has 0 aliphatic heterocycles. The van der Waals surface area contributed by atoms with Gasteiger partial charge in [0.15, 0.2) is 6.10 Å². The van der Waals surface area contributed by atoms with Crippen LogP contribution in [-0.2, 0) is 37.5 Å². The molecule has 0 radical (unpaired) electrons. The number of unbranched alkanes of at least 4 members (excludes halogenated alkanes) is 17. The van der Waals surface area contributed by atoms with Crippen LogP contribution >= 0.6 is 7.82 Å². The summed E-state index contributed by atoms with van der Waals surface area (Å²) in [7, 11) is -4.72. The highest BCUT2D eigenvalue weighted by Gasteiger charge is 2.28. The van der Waals surface area contributed by atoms with Gasteiger partial charge in [-0.25, -0.2) is 4.57 Å². The highest BCUT2D eigenvalue weighted by Crippen LogP contribution is 2.43. The van der Waals surface area contributed by atoms with Crippen LogP contribution in [0.4, 0.5) is 0 Å². The van der Waals surface area contributed by atoms with Crippen LogP contribution in [0.1, 0.15) is 174 Å². The molecule has 1 unspecified atom stereocenters. The van der Waals surface area contributed by atoms with Crippen LogP contribution in [0.15, 0.2) is 48.6 Å².